The Hall–Kier alpha value is -0.790. The van der Waals surface area contributed by atoms with Gasteiger partial charge in [0.2, 0.25) is 0 Å². The summed E-state index contributed by atoms with van der Waals surface area (Å²) in [4.78, 5) is 12.1. The lowest BCUT2D eigenvalue weighted by molar-refractivity contribution is -0.156. The van der Waals surface area contributed by atoms with Crippen molar-refractivity contribution in [1.29, 1.82) is 0 Å². The van der Waals surface area contributed by atoms with Crippen LogP contribution in [0.15, 0.2) is 11.6 Å². The van der Waals surface area contributed by atoms with Crippen molar-refractivity contribution in [2.75, 3.05) is 7.11 Å². The summed E-state index contributed by atoms with van der Waals surface area (Å²) >= 11 is 0. The molecule has 0 heterocycles. The Kier molecular flexibility index (Phi) is 4.42. The summed E-state index contributed by atoms with van der Waals surface area (Å²) in [7, 11) is 1.52. The highest BCUT2D eigenvalue weighted by Crippen LogP contribution is 2.68. The fourth-order valence-electron chi connectivity index (χ4n) is 7.25. The van der Waals surface area contributed by atoms with Crippen LogP contribution in [0.25, 0.3) is 0 Å². The topological polar surface area (TPSA) is 26.3 Å². The van der Waals surface area contributed by atoms with Gasteiger partial charge < -0.3 is 4.74 Å². The van der Waals surface area contributed by atoms with Gasteiger partial charge in [-0.2, -0.15) is 0 Å². The van der Waals surface area contributed by atoms with E-state index in [1.165, 1.54) is 51.2 Å². The third kappa shape index (κ3) is 2.56. The Labute approximate surface area is 148 Å². The second-order valence-electron chi connectivity index (χ2n) is 10.0. The number of methoxy groups -OCH3 is 1. The van der Waals surface area contributed by atoms with E-state index in [4.69, 9.17) is 4.74 Å². The van der Waals surface area contributed by atoms with E-state index in [-0.39, 0.29) is 11.4 Å². The van der Waals surface area contributed by atoms with Crippen LogP contribution in [0, 0.1) is 34.0 Å². The van der Waals surface area contributed by atoms with Gasteiger partial charge in [0.15, 0.2) is 0 Å². The summed E-state index contributed by atoms with van der Waals surface area (Å²) < 4.78 is 5.02. The molecule has 3 aliphatic carbocycles. The molecule has 2 saturated carbocycles. The average molecular weight is 333 g/mol. The van der Waals surface area contributed by atoms with Crippen molar-refractivity contribution in [2.24, 2.45) is 34.0 Å². The van der Waals surface area contributed by atoms with Crippen LogP contribution in [-0.4, -0.2) is 13.1 Å². The zero-order valence-corrected chi connectivity index (χ0v) is 16.6. The van der Waals surface area contributed by atoms with Crippen LogP contribution in [-0.2, 0) is 9.53 Å². The van der Waals surface area contributed by atoms with E-state index in [0.29, 0.717) is 29.1 Å². The summed E-state index contributed by atoms with van der Waals surface area (Å²) in [6, 6.07) is 0. The smallest absolute Gasteiger partial charge is 0.306 e. The molecule has 0 saturated heterocycles. The molecule has 0 bridgehead atoms. The highest BCUT2D eigenvalue weighted by molar-refractivity contribution is 5.70. The van der Waals surface area contributed by atoms with E-state index in [1.54, 1.807) is 0 Å². The molecule has 0 aliphatic heterocycles. The van der Waals surface area contributed by atoms with Crippen LogP contribution in [0.5, 0.6) is 0 Å². The molecule has 2 nitrogen and oxygen atoms in total. The van der Waals surface area contributed by atoms with Crippen molar-refractivity contribution >= 4 is 5.97 Å². The van der Waals surface area contributed by atoms with Gasteiger partial charge in [0, 0.05) is 0 Å². The maximum Gasteiger partial charge on any atom is 0.306 e. The molecule has 136 valence electrons. The summed E-state index contributed by atoms with van der Waals surface area (Å²) in [6.07, 6.45) is 10.9. The monoisotopic (exact) mass is 332 g/mol. The molecule has 0 unspecified atom stereocenters. The molecular formula is C22H36O2. The Morgan fingerprint density at radius 3 is 2.50 bits per heavy atom. The van der Waals surface area contributed by atoms with Gasteiger partial charge in [-0.05, 0) is 73.0 Å². The molecule has 2 heteroatoms. The molecule has 5 atom stereocenters. The minimum atomic E-state index is -0.0501. The minimum Gasteiger partial charge on any atom is -0.469 e. The Bertz CT molecular complexity index is 546. The van der Waals surface area contributed by atoms with Gasteiger partial charge in [-0.1, -0.05) is 45.8 Å². The standard InChI is InChI=1S/C22H36O2/c1-15-8-9-18-21(4,16(15)14-19(23)24-6)13-10-17-20(2,3)11-7-12-22(17,18)5/h8,16-18H,7,9-14H2,1-6H3/t16-,17+,18+,21+,22+/m1/s1. The van der Waals surface area contributed by atoms with Gasteiger partial charge in [0.1, 0.15) is 0 Å². The number of fused-ring (bicyclic) bond motifs is 3. The molecule has 0 aromatic carbocycles. The summed E-state index contributed by atoms with van der Waals surface area (Å²) in [5.74, 6) is 1.82. The number of carbonyl (C=O) groups excluding carboxylic acids is 1. The van der Waals surface area contributed by atoms with Gasteiger partial charge in [0.25, 0.3) is 0 Å². The summed E-state index contributed by atoms with van der Waals surface area (Å²) in [6.45, 7) is 12.3. The Morgan fingerprint density at radius 2 is 1.83 bits per heavy atom. The predicted molar refractivity (Wildman–Crippen MR) is 98.6 cm³/mol. The first-order valence-electron chi connectivity index (χ1n) is 9.88. The van der Waals surface area contributed by atoms with Crippen molar-refractivity contribution < 1.29 is 9.53 Å². The lowest BCUT2D eigenvalue weighted by atomic mass is 9.39. The van der Waals surface area contributed by atoms with E-state index in [0.717, 1.165) is 5.92 Å². The normalized spacial score (nSPS) is 44.1. The minimum absolute atomic E-state index is 0.0501. The number of ether oxygens (including phenoxy) is 1. The molecule has 3 aliphatic rings. The Morgan fingerprint density at radius 1 is 1.12 bits per heavy atom. The number of carbonyl (C=O) groups is 1. The SMILES string of the molecule is COC(=O)C[C@@H]1C(C)=CC[C@H]2[C@@]1(C)CC[C@H]1C(C)(C)CCC[C@]21C. The molecule has 2 fully saturated rings. The van der Waals surface area contributed by atoms with E-state index in [1.807, 2.05) is 0 Å². The molecule has 0 aromatic heterocycles. The quantitative estimate of drug-likeness (QED) is 0.474. The number of rotatable bonds is 2. The van der Waals surface area contributed by atoms with Crippen LogP contribution in [0.3, 0.4) is 0 Å². The molecular weight excluding hydrogens is 296 g/mol. The first-order valence-corrected chi connectivity index (χ1v) is 9.88. The molecule has 3 rings (SSSR count). The number of hydrogen-bond acceptors (Lipinski definition) is 2. The molecule has 0 aromatic rings. The van der Waals surface area contributed by atoms with Gasteiger partial charge in [-0.15, -0.1) is 0 Å². The van der Waals surface area contributed by atoms with Gasteiger partial charge >= 0.3 is 5.97 Å². The fraction of sp³-hybridized carbons (Fsp3) is 0.864. The molecule has 0 radical (unpaired) electrons. The van der Waals surface area contributed by atoms with E-state index in [9.17, 15) is 4.79 Å². The summed E-state index contributed by atoms with van der Waals surface area (Å²) in [5, 5.41) is 0. The van der Waals surface area contributed by atoms with E-state index in [2.05, 4.69) is 40.7 Å². The highest BCUT2D eigenvalue weighted by atomic mass is 16.5. The van der Waals surface area contributed by atoms with Crippen molar-refractivity contribution in [2.45, 2.75) is 79.6 Å². The largest absolute Gasteiger partial charge is 0.469 e. The third-order valence-corrected chi connectivity index (χ3v) is 8.46. The molecule has 0 amide bonds. The van der Waals surface area contributed by atoms with Gasteiger partial charge in [-0.25, -0.2) is 0 Å². The number of esters is 1. The third-order valence-electron chi connectivity index (χ3n) is 8.46. The van der Waals surface area contributed by atoms with Crippen molar-refractivity contribution in [3.05, 3.63) is 11.6 Å². The first kappa shape index (κ1) is 18.0. The zero-order chi connectivity index (χ0) is 17.8. The zero-order valence-electron chi connectivity index (χ0n) is 16.6. The average Bonchev–Trinajstić information content (AvgIpc) is 2.49. The summed E-state index contributed by atoms with van der Waals surface area (Å²) in [5.41, 5.74) is 2.53. The molecule has 0 N–H and O–H groups in total. The molecule has 0 spiro atoms. The fourth-order valence-corrected chi connectivity index (χ4v) is 7.25. The second-order valence-corrected chi connectivity index (χ2v) is 10.0. The van der Waals surface area contributed by atoms with Crippen LogP contribution in [0.4, 0.5) is 0 Å². The van der Waals surface area contributed by atoms with Crippen molar-refractivity contribution in [1.82, 2.24) is 0 Å². The maximum absolute atomic E-state index is 12.1. The van der Waals surface area contributed by atoms with Crippen molar-refractivity contribution in [3.8, 4) is 0 Å². The lowest BCUT2D eigenvalue weighted by Gasteiger charge is -2.65. The van der Waals surface area contributed by atoms with Crippen LogP contribution < -0.4 is 0 Å². The lowest BCUT2D eigenvalue weighted by Crippen LogP contribution is -2.57. The van der Waals surface area contributed by atoms with E-state index >= 15 is 0 Å². The highest BCUT2D eigenvalue weighted by Gasteiger charge is 2.60. The maximum atomic E-state index is 12.1. The predicted octanol–water partition coefficient (Wildman–Crippen LogP) is 5.76. The second kappa shape index (κ2) is 5.88. The van der Waals surface area contributed by atoms with Gasteiger partial charge in [0.05, 0.1) is 13.5 Å². The first-order chi connectivity index (χ1) is 11.1. The van der Waals surface area contributed by atoms with Gasteiger partial charge in [-0.3, -0.25) is 4.79 Å². The van der Waals surface area contributed by atoms with E-state index < -0.39 is 0 Å². The number of hydrogen-bond donors (Lipinski definition) is 0. The Balaban J connectivity index is 1.98. The van der Waals surface area contributed by atoms with Crippen LogP contribution >= 0.6 is 0 Å². The van der Waals surface area contributed by atoms with Crippen molar-refractivity contribution in [3.63, 3.8) is 0 Å². The number of allylic oxidation sites excluding steroid dienone is 2. The van der Waals surface area contributed by atoms with Crippen LogP contribution in [0.1, 0.15) is 79.6 Å². The molecule has 24 heavy (non-hydrogen) atoms. The van der Waals surface area contributed by atoms with Crippen LogP contribution in [0.2, 0.25) is 0 Å².